The summed E-state index contributed by atoms with van der Waals surface area (Å²) in [7, 11) is 1.28. The molecule has 0 bridgehead atoms. The minimum Gasteiger partial charge on any atom is -0.477 e. The Kier molecular flexibility index (Phi) is 4.55. The monoisotopic (exact) mass is 417 g/mol. The molecule has 9 nitrogen and oxygen atoms in total. The first kappa shape index (κ1) is 19.3. The Bertz CT molecular complexity index is 1090. The molecule has 2 N–H and O–H groups in total. The number of fused-ring (bicyclic) bond motifs is 2. The number of carbonyl (C=O) groups excluding carboxylic acids is 2. The lowest BCUT2D eigenvalue weighted by atomic mass is 9.77. The lowest BCUT2D eigenvalue weighted by molar-refractivity contribution is -0.163. The SMILES string of the molecule is COC(=O)/C=C/c1ncn2cc(C3=C(C(=O)O)N4C(=O)[C@H]([C@@H](C)O)[C@H]4[C@H]3C)sc12. The minimum absolute atomic E-state index is 0.0338. The molecule has 152 valence electrons. The molecule has 0 saturated carbocycles. The smallest absolute Gasteiger partial charge is 0.352 e. The lowest BCUT2D eigenvalue weighted by Gasteiger charge is -2.46. The van der Waals surface area contributed by atoms with Gasteiger partial charge in [0.1, 0.15) is 16.9 Å². The van der Waals surface area contributed by atoms with Gasteiger partial charge in [-0.25, -0.2) is 14.6 Å². The average molecular weight is 417 g/mol. The molecule has 0 spiro atoms. The molecule has 1 amide bonds. The molecule has 1 fully saturated rings. The average Bonchev–Trinajstić information content (AvgIpc) is 3.29. The summed E-state index contributed by atoms with van der Waals surface area (Å²) in [6.45, 7) is 3.42. The van der Waals surface area contributed by atoms with Crippen LogP contribution in [0.1, 0.15) is 24.4 Å². The number of aliphatic carboxylic acids is 1. The fourth-order valence-electron chi connectivity index (χ4n) is 4.17. The number of ether oxygens (including phenoxy) is 1. The van der Waals surface area contributed by atoms with Crippen LogP contribution in [0.2, 0.25) is 0 Å². The van der Waals surface area contributed by atoms with Gasteiger partial charge in [-0.15, -0.1) is 11.3 Å². The number of hydrogen-bond donors (Lipinski definition) is 2. The zero-order valence-corrected chi connectivity index (χ0v) is 16.7. The Morgan fingerprint density at radius 2 is 2.14 bits per heavy atom. The van der Waals surface area contributed by atoms with Crippen LogP contribution in [0.25, 0.3) is 16.5 Å². The summed E-state index contributed by atoms with van der Waals surface area (Å²) in [5, 5.41) is 19.8. The van der Waals surface area contributed by atoms with Crippen LogP contribution in [-0.2, 0) is 19.1 Å². The van der Waals surface area contributed by atoms with Crippen LogP contribution in [0.5, 0.6) is 0 Å². The van der Waals surface area contributed by atoms with Crippen LogP contribution >= 0.6 is 11.3 Å². The fourth-order valence-corrected chi connectivity index (χ4v) is 5.36. The van der Waals surface area contributed by atoms with Crippen molar-refractivity contribution < 1.29 is 29.3 Å². The van der Waals surface area contributed by atoms with Crippen LogP contribution < -0.4 is 0 Å². The Morgan fingerprint density at radius 3 is 2.76 bits per heavy atom. The number of esters is 1. The Morgan fingerprint density at radius 1 is 1.41 bits per heavy atom. The second kappa shape index (κ2) is 6.82. The number of hydrogen-bond acceptors (Lipinski definition) is 7. The first-order valence-electron chi connectivity index (χ1n) is 8.97. The van der Waals surface area contributed by atoms with E-state index in [1.807, 2.05) is 6.92 Å². The molecule has 29 heavy (non-hydrogen) atoms. The number of thiazole rings is 1. The van der Waals surface area contributed by atoms with Crippen molar-refractivity contribution in [3.05, 3.63) is 34.9 Å². The van der Waals surface area contributed by atoms with Gasteiger partial charge in [-0.05, 0) is 13.0 Å². The van der Waals surface area contributed by atoms with Gasteiger partial charge < -0.3 is 19.8 Å². The highest BCUT2D eigenvalue weighted by molar-refractivity contribution is 7.18. The van der Waals surface area contributed by atoms with Crippen molar-refractivity contribution in [1.82, 2.24) is 14.3 Å². The van der Waals surface area contributed by atoms with Crippen molar-refractivity contribution in [1.29, 1.82) is 0 Å². The molecule has 2 aliphatic rings. The lowest BCUT2D eigenvalue weighted by Crippen LogP contribution is -2.63. The third-order valence-electron chi connectivity index (χ3n) is 5.46. The summed E-state index contributed by atoms with van der Waals surface area (Å²) in [6, 6.07) is -0.373. The van der Waals surface area contributed by atoms with Crippen molar-refractivity contribution >= 4 is 45.7 Å². The zero-order valence-electron chi connectivity index (χ0n) is 15.9. The molecule has 4 rings (SSSR count). The van der Waals surface area contributed by atoms with Crippen LogP contribution in [0.4, 0.5) is 0 Å². The van der Waals surface area contributed by atoms with E-state index in [2.05, 4.69) is 9.72 Å². The van der Waals surface area contributed by atoms with E-state index in [9.17, 15) is 24.6 Å². The second-order valence-corrected chi connectivity index (χ2v) is 8.15. The highest BCUT2D eigenvalue weighted by Gasteiger charge is 2.60. The number of carboxylic acid groups (broad SMARTS) is 1. The number of aliphatic hydroxyl groups excluding tert-OH is 1. The number of amides is 1. The van der Waals surface area contributed by atoms with Gasteiger partial charge in [-0.1, -0.05) is 6.92 Å². The standard InChI is InChI=1S/C19H19N3O6S/c1-8-13(16(19(26)27)22-15(8)14(9(2)23)17(22)25)11-6-21-7-20-10(18(21)29-11)4-5-12(24)28-3/h4-9,14-15,23H,1-3H3,(H,26,27)/b5-4+/t8-,9+,14+,15+/m0/s1. The van der Waals surface area contributed by atoms with Crippen LogP contribution in [0.15, 0.2) is 24.3 Å². The number of aromatic nitrogens is 2. The number of imidazole rings is 1. The molecule has 2 aromatic rings. The van der Waals surface area contributed by atoms with Crippen LogP contribution in [0, 0.1) is 11.8 Å². The number of rotatable bonds is 5. The Balaban J connectivity index is 1.78. The van der Waals surface area contributed by atoms with Gasteiger partial charge in [0.05, 0.1) is 35.7 Å². The molecule has 0 unspecified atom stereocenters. The third kappa shape index (κ3) is 2.78. The highest BCUT2D eigenvalue weighted by Crippen LogP contribution is 2.51. The number of aliphatic hydroxyl groups is 1. The van der Waals surface area contributed by atoms with Gasteiger partial charge in [0.2, 0.25) is 5.91 Å². The molecule has 4 heterocycles. The molecular weight excluding hydrogens is 398 g/mol. The molecular formula is C19H19N3O6S. The predicted octanol–water partition coefficient (Wildman–Crippen LogP) is 1.24. The summed E-state index contributed by atoms with van der Waals surface area (Å²) in [5.74, 6) is -2.90. The maximum absolute atomic E-state index is 12.5. The van der Waals surface area contributed by atoms with E-state index in [4.69, 9.17) is 0 Å². The van der Waals surface area contributed by atoms with Gasteiger partial charge >= 0.3 is 11.9 Å². The summed E-state index contributed by atoms with van der Waals surface area (Å²) in [6.07, 6.45) is 5.29. The van der Waals surface area contributed by atoms with Gasteiger partial charge in [0.15, 0.2) is 0 Å². The van der Waals surface area contributed by atoms with E-state index >= 15 is 0 Å². The van der Waals surface area contributed by atoms with E-state index in [-0.39, 0.29) is 23.6 Å². The van der Waals surface area contributed by atoms with Crippen molar-refractivity contribution in [2.45, 2.75) is 26.0 Å². The molecule has 2 aliphatic heterocycles. The Labute approximate surface area is 169 Å². The number of β-lactam (4-membered cyclic amide) rings is 1. The predicted molar refractivity (Wildman–Crippen MR) is 104 cm³/mol. The van der Waals surface area contributed by atoms with Gasteiger partial charge in [0.25, 0.3) is 0 Å². The minimum atomic E-state index is -1.17. The van der Waals surface area contributed by atoms with Crippen molar-refractivity contribution in [3.63, 3.8) is 0 Å². The molecule has 4 atom stereocenters. The maximum Gasteiger partial charge on any atom is 0.352 e. The molecule has 0 radical (unpaired) electrons. The molecule has 0 aliphatic carbocycles. The summed E-state index contributed by atoms with van der Waals surface area (Å²) in [4.78, 5) is 42.8. The molecule has 10 heteroatoms. The highest BCUT2D eigenvalue weighted by atomic mass is 32.1. The van der Waals surface area contributed by atoms with Crippen molar-refractivity contribution in [2.75, 3.05) is 7.11 Å². The maximum atomic E-state index is 12.5. The van der Waals surface area contributed by atoms with E-state index in [0.29, 0.717) is 16.1 Å². The van der Waals surface area contributed by atoms with E-state index in [0.717, 1.165) is 4.83 Å². The summed E-state index contributed by atoms with van der Waals surface area (Å²) < 4.78 is 6.33. The quantitative estimate of drug-likeness (QED) is 0.426. The van der Waals surface area contributed by atoms with E-state index in [1.54, 1.807) is 23.8 Å². The van der Waals surface area contributed by atoms with Crippen LogP contribution in [0.3, 0.4) is 0 Å². The number of methoxy groups -OCH3 is 1. The number of carbonyl (C=O) groups is 3. The Hall–Kier alpha value is -2.98. The molecule has 2 aromatic heterocycles. The van der Waals surface area contributed by atoms with Crippen molar-refractivity contribution in [3.8, 4) is 0 Å². The van der Waals surface area contributed by atoms with Gasteiger partial charge in [-0.3, -0.25) is 9.20 Å². The van der Waals surface area contributed by atoms with Gasteiger partial charge in [0, 0.05) is 23.8 Å². The van der Waals surface area contributed by atoms with Crippen LogP contribution in [-0.4, -0.2) is 61.6 Å². The fraction of sp³-hybridized carbons (Fsp3) is 0.368. The van der Waals surface area contributed by atoms with Gasteiger partial charge in [-0.2, -0.15) is 0 Å². The van der Waals surface area contributed by atoms with Crippen molar-refractivity contribution in [2.24, 2.45) is 11.8 Å². The van der Waals surface area contributed by atoms with E-state index in [1.165, 1.54) is 35.5 Å². The zero-order chi connectivity index (χ0) is 21.0. The third-order valence-corrected chi connectivity index (χ3v) is 6.61. The summed E-state index contributed by atoms with van der Waals surface area (Å²) in [5.41, 5.74) is 1.08. The topological polar surface area (TPSA) is 121 Å². The second-order valence-electron chi connectivity index (χ2n) is 7.12. The summed E-state index contributed by atoms with van der Waals surface area (Å²) >= 11 is 1.33. The molecule has 1 saturated heterocycles. The first-order chi connectivity index (χ1) is 13.8. The van der Waals surface area contributed by atoms with E-state index < -0.39 is 24.0 Å². The number of carboxylic acids is 1. The number of nitrogens with zero attached hydrogens (tertiary/aromatic N) is 3. The largest absolute Gasteiger partial charge is 0.477 e. The first-order valence-corrected chi connectivity index (χ1v) is 9.79. The molecule has 0 aromatic carbocycles. The normalized spacial score (nSPS) is 24.9.